The lowest BCUT2D eigenvalue weighted by Gasteiger charge is -2.06. The highest BCUT2D eigenvalue weighted by Crippen LogP contribution is 2.41. The van der Waals surface area contributed by atoms with Crippen LogP contribution in [0.5, 0.6) is 11.5 Å². The zero-order valence-corrected chi connectivity index (χ0v) is 34.6. The molecule has 10 nitrogen and oxygen atoms in total. The molecule has 0 atom stereocenters. The van der Waals surface area contributed by atoms with Crippen LogP contribution in [0.25, 0.3) is 44.6 Å². The van der Waals surface area contributed by atoms with Crippen molar-refractivity contribution < 1.29 is 47.6 Å². The highest BCUT2D eigenvalue weighted by molar-refractivity contribution is 6.11. The van der Waals surface area contributed by atoms with E-state index in [9.17, 15) is 19.8 Å². The molecule has 0 aliphatic heterocycles. The third-order valence-electron chi connectivity index (χ3n) is 10.1. The van der Waals surface area contributed by atoms with E-state index in [1.165, 1.54) is 25.3 Å². The van der Waals surface area contributed by atoms with E-state index in [1.807, 2.05) is 48.5 Å². The molecule has 2 heterocycles. The van der Waals surface area contributed by atoms with Crippen LogP contribution in [0.2, 0.25) is 0 Å². The number of aryl methyl sites for hydroxylation is 2. The molecule has 2 aromatic heterocycles. The molecule has 310 valence electrons. The Morgan fingerprint density at radius 3 is 1.33 bits per heavy atom. The first-order valence-electron chi connectivity index (χ1n) is 20.3. The number of furan rings is 2. The van der Waals surface area contributed by atoms with E-state index in [0.29, 0.717) is 67.2 Å². The van der Waals surface area contributed by atoms with Gasteiger partial charge in [0.25, 0.3) is 0 Å². The monoisotopic (exact) mass is 810 g/mol. The van der Waals surface area contributed by atoms with Crippen LogP contribution in [0.15, 0.2) is 81.6 Å². The summed E-state index contributed by atoms with van der Waals surface area (Å²) >= 11 is 0. The Balaban J connectivity index is 1.09. The average molecular weight is 811 g/mol. The van der Waals surface area contributed by atoms with Gasteiger partial charge in [-0.25, -0.2) is 9.59 Å². The van der Waals surface area contributed by atoms with Gasteiger partial charge in [0.2, 0.25) is 0 Å². The molecule has 0 radical (unpaired) electrons. The van der Waals surface area contributed by atoms with Crippen molar-refractivity contribution in [3.63, 3.8) is 0 Å². The second-order valence-electron chi connectivity index (χ2n) is 14.3. The van der Waals surface area contributed by atoms with Crippen molar-refractivity contribution in [2.75, 3.05) is 27.4 Å². The van der Waals surface area contributed by atoms with Gasteiger partial charge in [-0.1, -0.05) is 87.1 Å². The molecular formula is C50H50O10. The highest BCUT2D eigenvalue weighted by Gasteiger charge is 2.27. The van der Waals surface area contributed by atoms with Gasteiger partial charge in [0, 0.05) is 34.7 Å². The van der Waals surface area contributed by atoms with E-state index in [4.69, 9.17) is 27.8 Å². The van der Waals surface area contributed by atoms with Gasteiger partial charge < -0.3 is 38.0 Å². The van der Waals surface area contributed by atoms with Crippen molar-refractivity contribution in [3.05, 3.63) is 106 Å². The first kappa shape index (κ1) is 43.1. The van der Waals surface area contributed by atoms with Gasteiger partial charge >= 0.3 is 11.9 Å². The van der Waals surface area contributed by atoms with Crippen LogP contribution in [-0.2, 0) is 35.5 Å². The summed E-state index contributed by atoms with van der Waals surface area (Å²) in [5.41, 5.74) is 6.20. The normalized spacial score (nSPS) is 10.8. The van der Waals surface area contributed by atoms with E-state index in [0.717, 1.165) is 38.5 Å². The lowest BCUT2D eigenvalue weighted by atomic mass is 10.0. The molecule has 2 N–H and O–H groups in total. The standard InChI is InChI=1S/C50H50O10/c1-5-7-15-33-17-21-37(22-18-33)45-43(39-27-35(31-51)29-41(55-3)47(39)59-45)49(53)57-25-13-11-9-10-12-14-26-58-50(54)44-40-28-36(32-52)30-42(56-4)48(40)60-46(44)38-23-19-34(20-24-38)16-8-6-2/h17-24,27-30,51-52H,5-8,13-16,25-26,31-32H2,1-4H3. The number of rotatable bonds is 18. The van der Waals surface area contributed by atoms with Crippen molar-refractivity contribution in [2.24, 2.45) is 0 Å². The minimum Gasteiger partial charge on any atom is -0.493 e. The zero-order valence-electron chi connectivity index (χ0n) is 34.6. The molecule has 0 saturated heterocycles. The van der Waals surface area contributed by atoms with Gasteiger partial charge in [-0.2, -0.15) is 0 Å². The summed E-state index contributed by atoms with van der Waals surface area (Å²) < 4.78 is 34.9. The molecule has 0 fully saturated rings. The summed E-state index contributed by atoms with van der Waals surface area (Å²) in [6.07, 6.45) is 6.73. The maximum Gasteiger partial charge on any atom is 0.342 e. The topological polar surface area (TPSA) is 138 Å². The van der Waals surface area contributed by atoms with E-state index in [1.54, 1.807) is 24.3 Å². The molecule has 0 amide bonds. The minimum atomic E-state index is -0.589. The van der Waals surface area contributed by atoms with Crippen LogP contribution in [0.1, 0.15) is 95.3 Å². The third-order valence-corrected chi connectivity index (χ3v) is 10.1. The number of fused-ring (bicyclic) bond motifs is 2. The molecule has 4 aromatic carbocycles. The molecule has 6 rings (SSSR count). The Hall–Kier alpha value is -6.46. The maximum absolute atomic E-state index is 13.6. The quantitative estimate of drug-likeness (QED) is 0.0490. The van der Waals surface area contributed by atoms with Crippen LogP contribution in [-0.4, -0.2) is 49.6 Å². The number of methoxy groups -OCH3 is 2. The molecule has 10 heteroatoms. The average Bonchev–Trinajstić information content (AvgIpc) is 3.87. The second kappa shape index (κ2) is 21.0. The number of unbranched alkanes of at least 4 members (excludes halogenated alkanes) is 2. The van der Waals surface area contributed by atoms with Crippen LogP contribution < -0.4 is 9.47 Å². The maximum atomic E-state index is 13.6. The summed E-state index contributed by atoms with van der Waals surface area (Å²) in [5, 5.41) is 20.8. The molecule has 0 aliphatic rings. The molecule has 60 heavy (non-hydrogen) atoms. The number of benzene rings is 4. The number of aliphatic hydroxyl groups is 2. The summed E-state index contributed by atoms with van der Waals surface area (Å²) in [5.74, 6) is 11.7. The Bertz CT molecular complexity index is 2370. The smallest absolute Gasteiger partial charge is 0.342 e. The highest BCUT2D eigenvalue weighted by atomic mass is 16.5. The second-order valence-corrected chi connectivity index (χ2v) is 14.3. The number of hydrogen-bond donors (Lipinski definition) is 2. The third kappa shape index (κ3) is 10.0. The summed E-state index contributed by atoms with van der Waals surface area (Å²) in [7, 11) is 3.01. The van der Waals surface area contributed by atoms with Crippen LogP contribution >= 0.6 is 0 Å². The molecule has 0 unspecified atom stereocenters. The first-order chi connectivity index (χ1) is 29.3. The predicted octanol–water partition coefficient (Wildman–Crippen LogP) is 10.0. The number of carbonyl (C=O) groups excluding carboxylic acids is 2. The lowest BCUT2D eigenvalue weighted by Crippen LogP contribution is -2.07. The SMILES string of the molecule is CCCCc1ccc(-c2oc3c(OC)cc(CO)cc3c2C(=O)OCCC#CC#CCCOC(=O)c2c(-c3ccc(CCCC)cc3)oc3c(OC)cc(CO)cc23)cc1. The number of ether oxygens (including phenoxy) is 4. The molecule has 0 saturated carbocycles. The number of esters is 2. The fourth-order valence-corrected chi connectivity index (χ4v) is 6.90. The van der Waals surface area contributed by atoms with Crippen molar-refractivity contribution in [1.82, 2.24) is 0 Å². The van der Waals surface area contributed by atoms with Crippen molar-refractivity contribution in [2.45, 2.75) is 78.4 Å². The van der Waals surface area contributed by atoms with Gasteiger partial charge in [0.15, 0.2) is 22.7 Å². The molecule has 0 spiro atoms. The molecule has 0 aliphatic carbocycles. The number of aliphatic hydroxyl groups excluding tert-OH is 2. The summed E-state index contributed by atoms with van der Waals surface area (Å²) in [6.45, 7) is 3.83. The van der Waals surface area contributed by atoms with Gasteiger partial charge in [-0.15, -0.1) is 0 Å². The van der Waals surface area contributed by atoms with Gasteiger partial charge in [0.05, 0.1) is 27.4 Å². The van der Waals surface area contributed by atoms with E-state index >= 15 is 0 Å². The van der Waals surface area contributed by atoms with Gasteiger partial charge in [-0.3, -0.25) is 0 Å². The van der Waals surface area contributed by atoms with Crippen molar-refractivity contribution in [1.29, 1.82) is 0 Å². The van der Waals surface area contributed by atoms with Crippen LogP contribution in [0, 0.1) is 23.7 Å². The van der Waals surface area contributed by atoms with Crippen molar-refractivity contribution in [3.8, 4) is 57.8 Å². The predicted molar refractivity (Wildman–Crippen MR) is 231 cm³/mol. The minimum absolute atomic E-state index is 0.00919. The zero-order chi connectivity index (χ0) is 42.4. The lowest BCUT2D eigenvalue weighted by molar-refractivity contribution is 0.0506. The molecular weight excluding hydrogens is 761 g/mol. The van der Waals surface area contributed by atoms with Gasteiger partial charge in [0.1, 0.15) is 35.9 Å². The van der Waals surface area contributed by atoms with E-state index in [2.05, 4.69) is 37.5 Å². The van der Waals surface area contributed by atoms with Crippen molar-refractivity contribution >= 4 is 33.9 Å². The summed E-state index contributed by atoms with van der Waals surface area (Å²) in [4.78, 5) is 27.3. The number of hydrogen-bond acceptors (Lipinski definition) is 10. The fourth-order valence-electron chi connectivity index (χ4n) is 6.90. The Labute approximate surface area is 350 Å². The Kier molecular flexibility index (Phi) is 15.1. The molecule has 6 aromatic rings. The number of carbonyl (C=O) groups is 2. The molecule has 0 bridgehead atoms. The summed E-state index contributed by atoms with van der Waals surface area (Å²) in [6, 6.07) is 22.6. The van der Waals surface area contributed by atoms with Crippen LogP contribution in [0.4, 0.5) is 0 Å². The Morgan fingerprint density at radius 1 is 0.583 bits per heavy atom. The van der Waals surface area contributed by atoms with Crippen LogP contribution in [0.3, 0.4) is 0 Å². The Morgan fingerprint density at radius 2 is 0.983 bits per heavy atom. The fraction of sp³-hybridized carbons (Fsp3) is 0.320. The first-order valence-corrected chi connectivity index (χ1v) is 20.3. The van der Waals surface area contributed by atoms with E-state index < -0.39 is 11.9 Å². The van der Waals surface area contributed by atoms with Gasteiger partial charge in [-0.05, 0) is 84.0 Å². The van der Waals surface area contributed by atoms with E-state index in [-0.39, 0.29) is 50.4 Å². The largest absolute Gasteiger partial charge is 0.493 e.